The van der Waals surface area contributed by atoms with Crippen molar-refractivity contribution >= 4 is 21.7 Å². The summed E-state index contributed by atoms with van der Waals surface area (Å²) < 4.78 is 38.2. The Kier molecular flexibility index (Phi) is 6.49. The Morgan fingerprint density at radius 3 is 2.39 bits per heavy atom. The van der Waals surface area contributed by atoms with Gasteiger partial charge in [-0.25, -0.2) is 12.8 Å². The standard InChI is InChI=1S/C19H18FN3O4S/c1-23(18(19(22)25)15-3-2-4-16(20)9-15)17(24)12-28(26,27)11-14-7-5-13(10-21)6-8-14/h2-9,18H,11-12H2,1H3,(H2,22,25). The number of benzene rings is 2. The Bertz CT molecular complexity index is 1030. The maximum atomic E-state index is 13.5. The van der Waals surface area contributed by atoms with Gasteiger partial charge in [-0.15, -0.1) is 0 Å². The second-order valence-electron chi connectivity index (χ2n) is 6.21. The van der Waals surface area contributed by atoms with Crippen LogP contribution in [-0.2, 0) is 25.2 Å². The summed E-state index contributed by atoms with van der Waals surface area (Å²) in [5.74, 6) is -3.62. The monoisotopic (exact) mass is 403 g/mol. The zero-order chi connectivity index (χ0) is 20.9. The van der Waals surface area contributed by atoms with E-state index in [0.29, 0.717) is 11.1 Å². The highest BCUT2D eigenvalue weighted by Crippen LogP contribution is 2.21. The van der Waals surface area contributed by atoms with E-state index in [1.165, 1.54) is 49.5 Å². The number of sulfone groups is 1. The van der Waals surface area contributed by atoms with E-state index in [4.69, 9.17) is 11.0 Å². The van der Waals surface area contributed by atoms with Gasteiger partial charge in [-0.3, -0.25) is 9.59 Å². The second-order valence-corrected chi connectivity index (χ2v) is 8.27. The minimum absolute atomic E-state index is 0.146. The van der Waals surface area contributed by atoms with Crippen molar-refractivity contribution in [2.75, 3.05) is 12.8 Å². The summed E-state index contributed by atoms with van der Waals surface area (Å²) in [6.45, 7) is 0. The van der Waals surface area contributed by atoms with Gasteiger partial charge >= 0.3 is 0 Å². The minimum Gasteiger partial charge on any atom is -0.368 e. The average Bonchev–Trinajstić information content (AvgIpc) is 2.61. The summed E-state index contributed by atoms with van der Waals surface area (Å²) in [4.78, 5) is 25.2. The van der Waals surface area contributed by atoms with Gasteiger partial charge in [0.15, 0.2) is 9.84 Å². The van der Waals surface area contributed by atoms with Crippen LogP contribution in [0.4, 0.5) is 4.39 Å². The molecule has 0 aromatic heterocycles. The maximum absolute atomic E-state index is 13.5. The fraction of sp³-hybridized carbons (Fsp3) is 0.211. The fourth-order valence-electron chi connectivity index (χ4n) is 2.67. The molecule has 146 valence electrons. The molecule has 1 atom stereocenters. The number of primary amides is 1. The molecule has 2 rings (SSSR count). The van der Waals surface area contributed by atoms with Gasteiger partial charge in [0.2, 0.25) is 11.8 Å². The molecule has 0 aliphatic heterocycles. The molecule has 0 saturated heterocycles. The molecule has 2 aromatic carbocycles. The number of likely N-dealkylation sites (N-methyl/N-ethyl adjacent to an activating group) is 1. The van der Waals surface area contributed by atoms with Crippen LogP contribution < -0.4 is 5.73 Å². The lowest BCUT2D eigenvalue weighted by atomic mass is 10.0. The number of amides is 2. The summed E-state index contributed by atoms with van der Waals surface area (Å²) in [7, 11) is -2.61. The third kappa shape index (κ3) is 5.37. The van der Waals surface area contributed by atoms with Crippen LogP contribution in [0, 0.1) is 17.1 Å². The summed E-state index contributed by atoms with van der Waals surface area (Å²) in [5, 5.41) is 8.77. The first-order valence-corrected chi connectivity index (χ1v) is 9.95. The van der Waals surface area contributed by atoms with Crippen LogP contribution in [0.25, 0.3) is 0 Å². The molecule has 0 saturated carbocycles. The summed E-state index contributed by atoms with van der Waals surface area (Å²) in [6, 6.07) is 11.6. The largest absolute Gasteiger partial charge is 0.368 e. The zero-order valence-corrected chi connectivity index (χ0v) is 15.8. The number of nitriles is 1. The van der Waals surface area contributed by atoms with Crippen molar-refractivity contribution in [3.05, 3.63) is 71.0 Å². The lowest BCUT2D eigenvalue weighted by Crippen LogP contribution is -2.41. The molecule has 2 N–H and O–H groups in total. The lowest BCUT2D eigenvalue weighted by molar-refractivity contribution is -0.136. The van der Waals surface area contributed by atoms with Crippen molar-refractivity contribution in [2.24, 2.45) is 5.73 Å². The van der Waals surface area contributed by atoms with E-state index in [-0.39, 0.29) is 5.56 Å². The lowest BCUT2D eigenvalue weighted by Gasteiger charge is -2.26. The van der Waals surface area contributed by atoms with Crippen molar-refractivity contribution in [1.29, 1.82) is 5.26 Å². The Balaban J connectivity index is 2.16. The number of nitrogens with zero attached hydrogens (tertiary/aromatic N) is 2. The van der Waals surface area contributed by atoms with E-state index < -0.39 is 45.0 Å². The first kappa shape index (κ1) is 21.1. The summed E-state index contributed by atoms with van der Waals surface area (Å²) >= 11 is 0. The number of nitrogens with two attached hydrogens (primary N) is 1. The molecule has 28 heavy (non-hydrogen) atoms. The van der Waals surface area contributed by atoms with Gasteiger partial charge in [-0.2, -0.15) is 5.26 Å². The van der Waals surface area contributed by atoms with E-state index >= 15 is 0 Å². The Hall–Kier alpha value is -3.25. The Morgan fingerprint density at radius 1 is 1.21 bits per heavy atom. The average molecular weight is 403 g/mol. The van der Waals surface area contributed by atoms with E-state index in [9.17, 15) is 22.4 Å². The van der Waals surface area contributed by atoms with E-state index in [0.717, 1.165) is 11.0 Å². The normalized spacial score (nSPS) is 12.0. The molecule has 0 fully saturated rings. The predicted octanol–water partition coefficient (Wildman–Crippen LogP) is 1.30. The number of carbonyl (C=O) groups is 2. The van der Waals surface area contributed by atoms with Crippen LogP contribution in [0.2, 0.25) is 0 Å². The van der Waals surface area contributed by atoms with Crippen molar-refractivity contribution < 1.29 is 22.4 Å². The van der Waals surface area contributed by atoms with Gasteiger partial charge in [0.05, 0.1) is 17.4 Å². The SMILES string of the molecule is CN(C(=O)CS(=O)(=O)Cc1ccc(C#N)cc1)C(C(N)=O)c1cccc(F)c1. The number of rotatable bonds is 7. The maximum Gasteiger partial charge on any atom is 0.244 e. The number of halogens is 1. The molecule has 0 bridgehead atoms. The first-order chi connectivity index (χ1) is 13.1. The smallest absolute Gasteiger partial charge is 0.244 e. The van der Waals surface area contributed by atoms with Crippen LogP contribution in [0.15, 0.2) is 48.5 Å². The topological polar surface area (TPSA) is 121 Å². The summed E-state index contributed by atoms with van der Waals surface area (Å²) in [5.41, 5.74) is 6.30. The highest BCUT2D eigenvalue weighted by molar-refractivity contribution is 7.91. The van der Waals surface area contributed by atoms with Crippen LogP contribution >= 0.6 is 0 Å². The molecule has 7 nitrogen and oxygen atoms in total. The number of hydrogen-bond acceptors (Lipinski definition) is 5. The minimum atomic E-state index is -3.85. The number of carbonyl (C=O) groups excluding carboxylic acids is 2. The molecule has 2 amide bonds. The van der Waals surface area contributed by atoms with Crippen molar-refractivity contribution in [2.45, 2.75) is 11.8 Å². The van der Waals surface area contributed by atoms with E-state index in [1.54, 1.807) is 0 Å². The van der Waals surface area contributed by atoms with Crippen LogP contribution in [0.5, 0.6) is 0 Å². The van der Waals surface area contributed by atoms with Crippen LogP contribution in [0.3, 0.4) is 0 Å². The highest BCUT2D eigenvalue weighted by Gasteiger charge is 2.29. The molecule has 1 unspecified atom stereocenters. The zero-order valence-electron chi connectivity index (χ0n) is 15.0. The van der Waals surface area contributed by atoms with Crippen molar-refractivity contribution in [1.82, 2.24) is 4.90 Å². The summed E-state index contributed by atoms with van der Waals surface area (Å²) in [6.07, 6.45) is 0. The van der Waals surface area contributed by atoms with Crippen molar-refractivity contribution in [3.63, 3.8) is 0 Å². The van der Waals surface area contributed by atoms with Crippen LogP contribution in [0.1, 0.15) is 22.7 Å². The Labute approximate surface area is 162 Å². The first-order valence-electron chi connectivity index (χ1n) is 8.13. The molecule has 0 radical (unpaired) electrons. The molecule has 0 aliphatic rings. The quantitative estimate of drug-likeness (QED) is 0.747. The molecular formula is C19H18FN3O4S. The molecular weight excluding hydrogens is 385 g/mol. The molecule has 0 spiro atoms. The van der Waals surface area contributed by atoms with Gasteiger partial charge in [-0.05, 0) is 35.4 Å². The second kappa shape index (κ2) is 8.63. The van der Waals surface area contributed by atoms with Gasteiger partial charge in [0, 0.05) is 7.05 Å². The third-order valence-corrected chi connectivity index (χ3v) is 5.49. The molecule has 2 aromatic rings. The van der Waals surface area contributed by atoms with Gasteiger partial charge in [0.25, 0.3) is 0 Å². The molecule has 0 heterocycles. The Morgan fingerprint density at radius 2 is 1.86 bits per heavy atom. The van der Waals surface area contributed by atoms with Crippen LogP contribution in [-0.4, -0.2) is 37.9 Å². The fourth-order valence-corrected chi connectivity index (χ4v) is 4.05. The van der Waals surface area contributed by atoms with Gasteiger partial charge in [-0.1, -0.05) is 24.3 Å². The highest BCUT2D eigenvalue weighted by atomic mass is 32.2. The van der Waals surface area contributed by atoms with Crippen molar-refractivity contribution in [3.8, 4) is 6.07 Å². The van der Waals surface area contributed by atoms with E-state index in [1.807, 2.05) is 6.07 Å². The third-order valence-electron chi connectivity index (χ3n) is 4.03. The van der Waals surface area contributed by atoms with Gasteiger partial charge in [0.1, 0.15) is 17.6 Å². The molecule has 0 aliphatic carbocycles. The van der Waals surface area contributed by atoms with Gasteiger partial charge < -0.3 is 10.6 Å². The number of hydrogen-bond donors (Lipinski definition) is 1. The predicted molar refractivity (Wildman–Crippen MR) is 99.8 cm³/mol. The molecule has 9 heteroatoms. The van der Waals surface area contributed by atoms with E-state index in [2.05, 4.69) is 0 Å².